The predicted molar refractivity (Wildman–Crippen MR) is 246 cm³/mol. The standard InChI is InChI=1S/C47H88O6Si3/c1-12-47(11,38-48)39-50-46(49)32-28-23-22-27-31-42-43(36-35-41(51-54(13-2,14-3)15-4)34-33-40-29-25-24-26-30-40)45(53-56(19-8,20-9)21-10)37-44(42)52-55(16-5,17-6)18-7/h22,24-27,29-30,41-45,48H,12-21,23,28,31-39H2,1-11H3/b27-22-/t41-,42+,43+,44-,45+,47?/m0/s1. The van der Waals surface area contributed by atoms with Crippen LogP contribution in [-0.4, -0.2) is 67.6 Å². The second kappa shape index (κ2) is 26.2. The van der Waals surface area contributed by atoms with Gasteiger partial charge < -0.3 is 23.1 Å². The Balaban J connectivity index is 2.41. The lowest BCUT2D eigenvalue weighted by atomic mass is 9.85. The van der Waals surface area contributed by atoms with Crippen molar-refractivity contribution < 1.29 is 27.9 Å². The number of aliphatic hydroxyl groups excluding tert-OH is 1. The molecule has 0 saturated heterocycles. The van der Waals surface area contributed by atoms with Crippen LogP contribution >= 0.6 is 0 Å². The van der Waals surface area contributed by atoms with Crippen LogP contribution in [0.5, 0.6) is 0 Å². The molecule has 2 rings (SSSR count). The minimum absolute atomic E-state index is 0.0231. The van der Waals surface area contributed by atoms with Gasteiger partial charge in [-0.3, -0.25) is 4.79 Å². The average Bonchev–Trinajstić information content (AvgIpc) is 3.56. The SMILES string of the molecule is CCC(C)(CO)COC(=O)CCC/C=C\C[C@@H]1[C@@H](CC[C@H](CCc2ccccc2)O[Si](CC)(CC)CC)[C@H](O[Si](CC)(CC)CC)C[C@@H]1O[Si](CC)(CC)CC. The van der Waals surface area contributed by atoms with Crippen molar-refractivity contribution in [2.75, 3.05) is 13.2 Å². The quantitative estimate of drug-likeness (QED) is 0.0348. The minimum Gasteiger partial charge on any atom is -0.465 e. The molecule has 1 unspecified atom stereocenters. The van der Waals surface area contributed by atoms with Gasteiger partial charge >= 0.3 is 5.97 Å². The summed E-state index contributed by atoms with van der Waals surface area (Å²) < 4.78 is 28.0. The highest BCUT2D eigenvalue weighted by Crippen LogP contribution is 2.46. The summed E-state index contributed by atoms with van der Waals surface area (Å²) in [6.45, 7) is 25.5. The second-order valence-electron chi connectivity index (χ2n) is 17.5. The number of carbonyl (C=O) groups excluding carboxylic acids is 1. The summed E-state index contributed by atoms with van der Waals surface area (Å²) >= 11 is 0. The molecule has 324 valence electrons. The lowest BCUT2D eigenvalue weighted by molar-refractivity contribution is -0.148. The van der Waals surface area contributed by atoms with Crippen LogP contribution in [0.4, 0.5) is 0 Å². The molecule has 0 heterocycles. The molecule has 56 heavy (non-hydrogen) atoms. The monoisotopic (exact) mass is 833 g/mol. The number of hydrogen-bond acceptors (Lipinski definition) is 6. The third kappa shape index (κ3) is 15.5. The van der Waals surface area contributed by atoms with Crippen molar-refractivity contribution >= 4 is 30.9 Å². The molecule has 0 aliphatic heterocycles. The molecular formula is C47H88O6Si3. The van der Waals surface area contributed by atoms with Crippen LogP contribution in [0.3, 0.4) is 0 Å². The van der Waals surface area contributed by atoms with E-state index in [9.17, 15) is 9.90 Å². The van der Waals surface area contributed by atoms with E-state index in [1.165, 1.54) is 23.7 Å². The molecule has 1 fully saturated rings. The molecule has 0 spiro atoms. The van der Waals surface area contributed by atoms with Crippen molar-refractivity contribution in [3.05, 3.63) is 48.0 Å². The van der Waals surface area contributed by atoms with Gasteiger partial charge in [-0.05, 0) is 130 Å². The molecule has 1 N–H and O–H groups in total. The van der Waals surface area contributed by atoms with E-state index in [0.29, 0.717) is 18.3 Å². The molecular weight excluding hydrogens is 745 g/mol. The maximum Gasteiger partial charge on any atom is 0.305 e. The van der Waals surface area contributed by atoms with Gasteiger partial charge in [0, 0.05) is 17.9 Å². The summed E-state index contributed by atoms with van der Waals surface area (Å²) in [4.78, 5) is 12.5. The van der Waals surface area contributed by atoms with Gasteiger partial charge in [0.2, 0.25) is 0 Å². The highest BCUT2D eigenvalue weighted by atomic mass is 28.4. The molecule has 6 atom stereocenters. The smallest absolute Gasteiger partial charge is 0.305 e. The lowest BCUT2D eigenvalue weighted by Gasteiger charge is -2.37. The van der Waals surface area contributed by atoms with Gasteiger partial charge in [0.05, 0.1) is 25.4 Å². The van der Waals surface area contributed by atoms with E-state index >= 15 is 0 Å². The second-order valence-corrected chi connectivity index (χ2v) is 31.7. The molecule has 1 aliphatic carbocycles. The fraction of sp³-hybridized carbons (Fsp3) is 0.809. The average molecular weight is 833 g/mol. The molecule has 9 heteroatoms. The molecule has 1 aliphatic rings. The molecule has 6 nitrogen and oxygen atoms in total. The van der Waals surface area contributed by atoms with Crippen LogP contribution in [-0.2, 0) is 29.2 Å². The number of benzene rings is 1. The van der Waals surface area contributed by atoms with E-state index in [4.69, 9.17) is 18.0 Å². The fourth-order valence-corrected chi connectivity index (χ4v) is 17.8. The first-order chi connectivity index (χ1) is 26.9. The van der Waals surface area contributed by atoms with Gasteiger partial charge in [-0.2, -0.15) is 0 Å². The third-order valence-corrected chi connectivity index (χ3v) is 28.6. The zero-order chi connectivity index (χ0) is 41.7. The summed E-state index contributed by atoms with van der Waals surface area (Å²) in [5.41, 5.74) is 1.04. The van der Waals surface area contributed by atoms with E-state index in [0.717, 1.165) is 94.1 Å². The Hall–Kier alpha value is -1.08. The van der Waals surface area contributed by atoms with E-state index < -0.39 is 25.0 Å². The van der Waals surface area contributed by atoms with Gasteiger partial charge in [-0.1, -0.05) is 119 Å². The van der Waals surface area contributed by atoms with E-state index in [1.54, 1.807) is 0 Å². The first-order valence-electron chi connectivity index (χ1n) is 23.4. The van der Waals surface area contributed by atoms with E-state index in [-0.39, 0.29) is 42.9 Å². The van der Waals surface area contributed by atoms with Crippen molar-refractivity contribution in [1.82, 2.24) is 0 Å². The zero-order valence-corrected chi connectivity index (χ0v) is 41.3. The number of carbonyl (C=O) groups is 1. The number of ether oxygens (including phenoxy) is 1. The number of aliphatic hydroxyl groups is 1. The topological polar surface area (TPSA) is 74.2 Å². The molecule has 0 amide bonds. The van der Waals surface area contributed by atoms with Gasteiger partial charge in [0.25, 0.3) is 0 Å². The Kier molecular flexibility index (Phi) is 23.9. The van der Waals surface area contributed by atoms with Gasteiger partial charge in [-0.15, -0.1) is 0 Å². The first kappa shape index (κ1) is 51.1. The summed E-state index contributed by atoms with van der Waals surface area (Å²) in [6.07, 6.45) is 14.5. The summed E-state index contributed by atoms with van der Waals surface area (Å²) in [5, 5.41) is 9.70. The molecule has 1 saturated carbocycles. The Labute approximate surface area is 349 Å². The molecule has 0 aromatic heterocycles. The maximum atomic E-state index is 12.5. The molecule has 0 bridgehead atoms. The van der Waals surface area contributed by atoms with Crippen LogP contribution in [0.2, 0.25) is 54.4 Å². The van der Waals surface area contributed by atoms with Crippen LogP contribution in [0.15, 0.2) is 42.5 Å². The van der Waals surface area contributed by atoms with Crippen LogP contribution in [0.25, 0.3) is 0 Å². The van der Waals surface area contributed by atoms with Crippen LogP contribution < -0.4 is 0 Å². The Morgan fingerprint density at radius 1 is 0.768 bits per heavy atom. The van der Waals surface area contributed by atoms with Gasteiger partial charge in [-0.25, -0.2) is 0 Å². The van der Waals surface area contributed by atoms with Crippen LogP contribution in [0.1, 0.15) is 140 Å². The van der Waals surface area contributed by atoms with Crippen molar-refractivity contribution in [3.63, 3.8) is 0 Å². The first-order valence-corrected chi connectivity index (χ1v) is 31.0. The highest BCUT2D eigenvalue weighted by molar-refractivity contribution is 6.74. The fourth-order valence-electron chi connectivity index (χ4n) is 9.06. The predicted octanol–water partition coefficient (Wildman–Crippen LogP) is 13.3. The van der Waals surface area contributed by atoms with Gasteiger partial charge in [0.15, 0.2) is 25.0 Å². The Morgan fingerprint density at radius 2 is 1.30 bits per heavy atom. The number of rotatable bonds is 31. The van der Waals surface area contributed by atoms with E-state index in [2.05, 4.69) is 105 Å². The molecule has 1 aromatic carbocycles. The summed E-state index contributed by atoms with van der Waals surface area (Å²) in [7, 11) is -5.53. The summed E-state index contributed by atoms with van der Waals surface area (Å²) in [6, 6.07) is 21.5. The Bertz CT molecular complexity index is 1190. The number of allylic oxidation sites excluding steroid dienone is 2. The number of aryl methyl sites for hydroxylation is 1. The zero-order valence-electron chi connectivity index (χ0n) is 38.3. The van der Waals surface area contributed by atoms with Crippen molar-refractivity contribution in [1.29, 1.82) is 0 Å². The van der Waals surface area contributed by atoms with Crippen molar-refractivity contribution in [3.8, 4) is 0 Å². The largest absolute Gasteiger partial charge is 0.465 e. The number of unbranched alkanes of at least 4 members (excludes halogenated alkanes) is 1. The Morgan fingerprint density at radius 3 is 1.80 bits per heavy atom. The lowest BCUT2D eigenvalue weighted by Crippen LogP contribution is -2.42. The van der Waals surface area contributed by atoms with Crippen molar-refractivity contribution in [2.24, 2.45) is 17.3 Å². The normalized spacial score (nSPS) is 21.1. The maximum absolute atomic E-state index is 12.5. The summed E-state index contributed by atoms with van der Waals surface area (Å²) in [5.74, 6) is 0.661. The number of esters is 1. The van der Waals surface area contributed by atoms with E-state index in [1.807, 2.05) is 13.8 Å². The molecule has 1 aromatic rings. The highest BCUT2D eigenvalue weighted by Gasteiger charge is 2.49. The third-order valence-electron chi connectivity index (χ3n) is 14.6. The minimum atomic E-state index is -1.87. The molecule has 0 radical (unpaired) electrons. The van der Waals surface area contributed by atoms with Crippen LogP contribution in [0, 0.1) is 17.3 Å². The van der Waals surface area contributed by atoms with Crippen molar-refractivity contribution in [2.45, 2.75) is 213 Å². The van der Waals surface area contributed by atoms with Gasteiger partial charge in [0.1, 0.15) is 0 Å². The number of hydrogen-bond donors (Lipinski definition) is 1.